The Labute approximate surface area is 114 Å². The summed E-state index contributed by atoms with van der Waals surface area (Å²) >= 11 is 0. The van der Waals surface area contributed by atoms with Crippen molar-refractivity contribution < 1.29 is 19.4 Å². The van der Waals surface area contributed by atoms with Crippen molar-refractivity contribution in [3.05, 3.63) is 0 Å². The van der Waals surface area contributed by atoms with Gasteiger partial charge in [0.2, 0.25) is 5.91 Å². The molecule has 1 fully saturated rings. The van der Waals surface area contributed by atoms with E-state index in [2.05, 4.69) is 24.1 Å². The van der Waals surface area contributed by atoms with Gasteiger partial charge < -0.3 is 20.1 Å². The van der Waals surface area contributed by atoms with Crippen molar-refractivity contribution in [2.45, 2.75) is 51.9 Å². The van der Waals surface area contributed by atoms with Crippen LogP contribution in [0.3, 0.4) is 0 Å². The first kappa shape index (κ1) is 15.9. The van der Waals surface area contributed by atoms with E-state index in [1.807, 2.05) is 6.92 Å². The number of nitrogens with zero attached hydrogens (tertiary/aromatic N) is 1. The molecule has 1 aliphatic rings. The second-order valence-corrected chi connectivity index (χ2v) is 4.92. The van der Waals surface area contributed by atoms with E-state index in [-0.39, 0.29) is 11.9 Å². The molecule has 3 unspecified atom stereocenters. The molecule has 0 aromatic carbocycles. The van der Waals surface area contributed by atoms with E-state index in [4.69, 9.17) is 9.84 Å². The van der Waals surface area contributed by atoms with Crippen LogP contribution in [-0.4, -0.2) is 59.8 Å². The molecular formula is C13H24N2O4. The molecule has 0 saturated carbocycles. The van der Waals surface area contributed by atoms with Crippen LogP contribution in [0.25, 0.3) is 0 Å². The SMILES string of the molecule is CCN(CC)CC(C)NC(=O)C1CCC(C(=O)O)O1. The summed E-state index contributed by atoms with van der Waals surface area (Å²) in [4.78, 5) is 24.9. The minimum absolute atomic E-state index is 0.0277. The fourth-order valence-electron chi connectivity index (χ4n) is 2.26. The van der Waals surface area contributed by atoms with E-state index >= 15 is 0 Å². The third-order valence-corrected chi connectivity index (χ3v) is 3.40. The lowest BCUT2D eigenvalue weighted by atomic mass is 10.2. The van der Waals surface area contributed by atoms with Crippen LogP contribution in [0.15, 0.2) is 0 Å². The molecule has 0 aromatic rings. The van der Waals surface area contributed by atoms with E-state index in [1.165, 1.54) is 0 Å². The molecule has 0 spiro atoms. The van der Waals surface area contributed by atoms with E-state index < -0.39 is 18.2 Å². The number of rotatable bonds is 7. The minimum Gasteiger partial charge on any atom is -0.479 e. The standard InChI is InChI=1S/C13H24N2O4/c1-4-15(5-2)8-9(3)14-12(16)10-6-7-11(19-10)13(17)18/h9-11H,4-8H2,1-3H3,(H,14,16)(H,17,18). The number of carboxylic acids is 1. The molecule has 1 heterocycles. The zero-order valence-electron chi connectivity index (χ0n) is 11.9. The molecule has 6 nitrogen and oxygen atoms in total. The highest BCUT2D eigenvalue weighted by molar-refractivity contribution is 5.82. The number of carbonyl (C=O) groups excluding carboxylic acids is 1. The van der Waals surface area contributed by atoms with Crippen molar-refractivity contribution in [2.75, 3.05) is 19.6 Å². The Kier molecular flexibility index (Phi) is 6.24. The molecule has 0 radical (unpaired) electrons. The predicted octanol–water partition coefficient (Wildman–Crippen LogP) is 0.465. The second-order valence-electron chi connectivity index (χ2n) is 4.92. The molecule has 2 N–H and O–H groups in total. The summed E-state index contributed by atoms with van der Waals surface area (Å²) in [6.45, 7) is 8.77. The fraction of sp³-hybridized carbons (Fsp3) is 0.846. The topological polar surface area (TPSA) is 78.9 Å². The van der Waals surface area contributed by atoms with Gasteiger partial charge in [-0.1, -0.05) is 13.8 Å². The number of likely N-dealkylation sites (N-methyl/N-ethyl adjacent to an activating group) is 1. The summed E-state index contributed by atoms with van der Waals surface area (Å²) in [6.07, 6.45) is -0.590. The summed E-state index contributed by atoms with van der Waals surface area (Å²) in [6, 6.07) is 0.0277. The highest BCUT2D eigenvalue weighted by Gasteiger charge is 2.35. The molecule has 0 aliphatic carbocycles. The molecule has 3 atom stereocenters. The van der Waals surface area contributed by atoms with Crippen LogP contribution in [0.2, 0.25) is 0 Å². The Morgan fingerprint density at radius 3 is 2.37 bits per heavy atom. The molecule has 6 heteroatoms. The number of aliphatic carboxylic acids is 1. The summed E-state index contributed by atoms with van der Waals surface area (Å²) in [5.41, 5.74) is 0. The van der Waals surface area contributed by atoms with Gasteiger partial charge in [-0.05, 0) is 32.9 Å². The number of ether oxygens (including phenoxy) is 1. The average molecular weight is 272 g/mol. The predicted molar refractivity (Wildman–Crippen MR) is 70.9 cm³/mol. The zero-order valence-corrected chi connectivity index (χ0v) is 11.9. The monoisotopic (exact) mass is 272 g/mol. The third kappa shape index (κ3) is 4.80. The van der Waals surface area contributed by atoms with Gasteiger partial charge in [0.25, 0.3) is 0 Å². The Hall–Kier alpha value is -1.14. The number of nitrogens with one attached hydrogen (secondary N) is 1. The molecule has 1 amide bonds. The van der Waals surface area contributed by atoms with Crippen LogP contribution in [0.1, 0.15) is 33.6 Å². The van der Waals surface area contributed by atoms with Gasteiger partial charge in [0.1, 0.15) is 6.10 Å². The van der Waals surface area contributed by atoms with Crippen LogP contribution in [0.4, 0.5) is 0 Å². The van der Waals surface area contributed by atoms with Gasteiger partial charge in [-0.2, -0.15) is 0 Å². The first-order valence-electron chi connectivity index (χ1n) is 6.88. The third-order valence-electron chi connectivity index (χ3n) is 3.40. The molecule has 1 rings (SSSR count). The van der Waals surface area contributed by atoms with Crippen molar-refractivity contribution in [1.29, 1.82) is 0 Å². The van der Waals surface area contributed by atoms with Gasteiger partial charge in [0.15, 0.2) is 6.10 Å². The first-order chi connectivity index (χ1) is 8.97. The number of amides is 1. The van der Waals surface area contributed by atoms with Crippen molar-refractivity contribution in [3.63, 3.8) is 0 Å². The number of hydrogen-bond acceptors (Lipinski definition) is 4. The summed E-state index contributed by atoms with van der Waals surface area (Å²) in [5, 5.41) is 11.7. The lowest BCUT2D eigenvalue weighted by Crippen LogP contribution is -2.45. The molecule has 0 aromatic heterocycles. The van der Waals surface area contributed by atoms with Crippen LogP contribution in [0.5, 0.6) is 0 Å². The maximum Gasteiger partial charge on any atom is 0.332 e. The number of carboxylic acid groups (broad SMARTS) is 1. The van der Waals surface area contributed by atoms with Crippen LogP contribution in [0, 0.1) is 0 Å². The van der Waals surface area contributed by atoms with Gasteiger partial charge >= 0.3 is 5.97 Å². The van der Waals surface area contributed by atoms with Crippen molar-refractivity contribution >= 4 is 11.9 Å². The lowest BCUT2D eigenvalue weighted by molar-refractivity contribution is -0.151. The van der Waals surface area contributed by atoms with E-state index in [0.717, 1.165) is 19.6 Å². The first-order valence-corrected chi connectivity index (χ1v) is 6.88. The molecule has 19 heavy (non-hydrogen) atoms. The zero-order chi connectivity index (χ0) is 14.4. The molecule has 1 saturated heterocycles. The van der Waals surface area contributed by atoms with Gasteiger partial charge in [0.05, 0.1) is 0 Å². The van der Waals surface area contributed by atoms with Gasteiger partial charge in [-0.25, -0.2) is 4.79 Å². The minimum atomic E-state index is -0.994. The van der Waals surface area contributed by atoms with Gasteiger partial charge in [-0.15, -0.1) is 0 Å². The van der Waals surface area contributed by atoms with Crippen LogP contribution >= 0.6 is 0 Å². The summed E-state index contributed by atoms with van der Waals surface area (Å²) in [7, 11) is 0. The Balaban J connectivity index is 2.37. The highest BCUT2D eigenvalue weighted by atomic mass is 16.5. The fourth-order valence-corrected chi connectivity index (χ4v) is 2.26. The van der Waals surface area contributed by atoms with E-state index in [9.17, 15) is 9.59 Å². The molecule has 1 aliphatic heterocycles. The summed E-state index contributed by atoms with van der Waals surface area (Å²) in [5.74, 6) is -1.20. The Morgan fingerprint density at radius 2 is 1.89 bits per heavy atom. The van der Waals surface area contributed by atoms with Crippen molar-refractivity contribution in [2.24, 2.45) is 0 Å². The Bertz CT molecular complexity index is 318. The van der Waals surface area contributed by atoms with Crippen LogP contribution < -0.4 is 5.32 Å². The molecule has 110 valence electrons. The van der Waals surface area contributed by atoms with Crippen molar-refractivity contribution in [1.82, 2.24) is 10.2 Å². The maximum absolute atomic E-state index is 11.9. The molecular weight excluding hydrogens is 248 g/mol. The highest BCUT2D eigenvalue weighted by Crippen LogP contribution is 2.20. The van der Waals surface area contributed by atoms with Crippen molar-refractivity contribution in [3.8, 4) is 0 Å². The van der Waals surface area contributed by atoms with E-state index in [1.54, 1.807) is 0 Å². The maximum atomic E-state index is 11.9. The van der Waals surface area contributed by atoms with Crippen LogP contribution in [-0.2, 0) is 14.3 Å². The normalized spacial score (nSPS) is 24.4. The Morgan fingerprint density at radius 1 is 1.32 bits per heavy atom. The van der Waals surface area contributed by atoms with Gasteiger partial charge in [-0.3, -0.25) is 4.79 Å². The number of hydrogen-bond donors (Lipinski definition) is 2. The number of carbonyl (C=O) groups is 2. The van der Waals surface area contributed by atoms with Gasteiger partial charge in [0, 0.05) is 12.6 Å². The lowest BCUT2D eigenvalue weighted by Gasteiger charge is -2.24. The molecule has 0 bridgehead atoms. The average Bonchev–Trinajstić information content (AvgIpc) is 2.85. The largest absolute Gasteiger partial charge is 0.479 e. The van der Waals surface area contributed by atoms with E-state index in [0.29, 0.717) is 12.8 Å². The smallest absolute Gasteiger partial charge is 0.332 e. The second kappa shape index (κ2) is 7.45. The quantitative estimate of drug-likeness (QED) is 0.704. The summed E-state index contributed by atoms with van der Waals surface area (Å²) < 4.78 is 5.22.